The molecule has 1 aromatic carbocycles. The van der Waals surface area contributed by atoms with Gasteiger partial charge in [0.2, 0.25) is 0 Å². The van der Waals surface area contributed by atoms with Crippen molar-refractivity contribution in [2.24, 2.45) is 0 Å². The van der Waals surface area contributed by atoms with Gasteiger partial charge in [-0.3, -0.25) is 0 Å². The summed E-state index contributed by atoms with van der Waals surface area (Å²) in [6, 6.07) is 8.74. The molecule has 2 amide bonds. The van der Waals surface area contributed by atoms with Crippen molar-refractivity contribution in [3.05, 3.63) is 35.4 Å². The summed E-state index contributed by atoms with van der Waals surface area (Å²) in [7, 11) is 0. The highest BCUT2D eigenvalue weighted by molar-refractivity contribution is 5.74. The minimum Gasteiger partial charge on any atom is -0.336 e. The van der Waals surface area contributed by atoms with E-state index in [-0.39, 0.29) is 18.1 Å². The molecule has 3 heteroatoms. The number of rotatable bonds is 6. The van der Waals surface area contributed by atoms with Crippen LogP contribution in [0.2, 0.25) is 0 Å². The molecule has 0 aromatic heterocycles. The van der Waals surface area contributed by atoms with E-state index in [2.05, 4.69) is 48.7 Å². The van der Waals surface area contributed by atoms with Crippen molar-refractivity contribution < 1.29 is 4.79 Å². The van der Waals surface area contributed by atoms with Crippen LogP contribution in [0.3, 0.4) is 0 Å². The summed E-state index contributed by atoms with van der Waals surface area (Å²) in [5.74, 6) is 0. The van der Waals surface area contributed by atoms with Gasteiger partial charge < -0.3 is 10.6 Å². The number of hydrogen-bond acceptors (Lipinski definition) is 1. The van der Waals surface area contributed by atoms with Crippen LogP contribution in [0.5, 0.6) is 0 Å². The lowest BCUT2D eigenvalue weighted by Crippen LogP contribution is -2.45. The first-order chi connectivity index (χ1) is 9.01. The number of urea groups is 1. The van der Waals surface area contributed by atoms with E-state index in [1.807, 2.05) is 13.8 Å². The van der Waals surface area contributed by atoms with Gasteiger partial charge in [0, 0.05) is 12.1 Å². The Morgan fingerprint density at radius 2 is 1.68 bits per heavy atom. The molecule has 0 bridgehead atoms. The Bertz CT molecular complexity index is 386. The Morgan fingerprint density at radius 1 is 1.11 bits per heavy atom. The number of nitrogens with one attached hydrogen (secondary N) is 2. The Labute approximate surface area is 116 Å². The lowest BCUT2D eigenvalue weighted by atomic mass is 10.1. The van der Waals surface area contributed by atoms with Gasteiger partial charge in [0.15, 0.2) is 0 Å². The monoisotopic (exact) mass is 262 g/mol. The van der Waals surface area contributed by atoms with Crippen molar-refractivity contribution in [3.8, 4) is 0 Å². The Balaban J connectivity index is 2.36. The lowest BCUT2D eigenvalue weighted by Gasteiger charge is -2.18. The molecule has 1 rings (SSSR count). The first-order valence-corrected chi connectivity index (χ1v) is 7.13. The Kier molecular flexibility index (Phi) is 6.40. The summed E-state index contributed by atoms with van der Waals surface area (Å²) < 4.78 is 0. The minimum absolute atomic E-state index is 0.0689. The van der Waals surface area contributed by atoms with Crippen LogP contribution in [0.15, 0.2) is 24.3 Å². The summed E-state index contributed by atoms with van der Waals surface area (Å²) in [6.45, 7) is 8.27. The number of hydrogen-bond donors (Lipinski definition) is 2. The number of aryl methyl sites for hydroxylation is 1. The van der Waals surface area contributed by atoms with E-state index in [1.165, 1.54) is 11.1 Å². The van der Waals surface area contributed by atoms with Crippen molar-refractivity contribution in [3.63, 3.8) is 0 Å². The minimum atomic E-state index is -0.0689. The molecule has 2 N–H and O–H groups in total. The summed E-state index contributed by atoms with van der Waals surface area (Å²) in [6.07, 6.45) is 2.95. The zero-order valence-corrected chi connectivity index (χ0v) is 12.5. The molecule has 0 aliphatic heterocycles. The second-order valence-electron chi connectivity index (χ2n) is 5.40. The van der Waals surface area contributed by atoms with Gasteiger partial charge in [-0.05, 0) is 39.2 Å². The summed E-state index contributed by atoms with van der Waals surface area (Å²) >= 11 is 0. The van der Waals surface area contributed by atoms with Crippen LogP contribution in [-0.2, 0) is 6.42 Å². The highest BCUT2D eigenvalue weighted by Gasteiger charge is 2.10. The van der Waals surface area contributed by atoms with Crippen molar-refractivity contribution >= 4 is 6.03 Å². The maximum atomic E-state index is 11.8. The highest BCUT2D eigenvalue weighted by atomic mass is 16.2. The molecule has 0 unspecified atom stereocenters. The first-order valence-electron chi connectivity index (χ1n) is 7.13. The smallest absolute Gasteiger partial charge is 0.315 e. The van der Waals surface area contributed by atoms with E-state index in [9.17, 15) is 4.79 Å². The number of amides is 2. The maximum Gasteiger partial charge on any atom is 0.315 e. The molecule has 0 saturated heterocycles. The topological polar surface area (TPSA) is 41.1 Å². The summed E-state index contributed by atoms with van der Waals surface area (Å²) in [4.78, 5) is 11.8. The van der Waals surface area contributed by atoms with Crippen LogP contribution in [-0.4, -0.2) is 18.1 Å². The zero-order valence-electron chi connectivity index (χ0n) is 12.5. The molecule has 0 aliphatic carbocycles. The van der Waals surface area contributed by atoms with E-state index >= 15 is 0 Å². The van der Waals surface area contributed by atoms with Crippen molar-refractivity contribution in [1.29, 1.82) is 0 Å². The van der Waals surface area contributed by atoms with Crippen LogP contribution in [0.4, 0.5) is 4.79 Å². The third-order valence-corrected chi connectivity index (χ3v) is 3.14. The fourth-order valence-corrected chi connectivity index (χ4v) is 2.12. The molecule has 2 atom stereocenters. The number of benzene rings is 1. The summed E-state index contributed by atoms with van der Waals surface area (Å²) in [5, 5.41) is 5.94. The molecule has 0 saturated carbocycles. The molecule has 0 radical (unpaired) electrons. The first kappa shape index (κ1) is 15.5. The van der Waals surface area contributed by atoms with E-state index < -0.39 is 0 Å². The Morgan fingerprint density at radius 3 is 2.26 bits per heavy atom. The van der Waals surface area contributed by atoms with Crippen molar-refractivity contribution in [2.45, 2.75) is 59.0 Å². The van der Waals surface area contributed by atoms with Crippen LogP contribution in [0, 0.1) is 6.92 Å². The normalized spacial score (nSPS) is 13.7. The van der Waals surface area contributed by atoms with E-state index in [4.69, 9.17) is 0 Å². The quantitative estimate of drug-likeness (QED) is 0.810. The zero-order chi connectivity index (χ0) is 14.3. The molecule has 0 fully saturated rings. The molecular formula is C16H26N2O. The Hall–Kier alpha value is -1.51. The van der Waals surface area contributed by atoms with Gasteiger partial charge in [0.25, 0.3) is 0 Å². The lowest BCUT2D eigenvalue weighted by molar-refractivity contribution is 0.234. The molecule has 0 aliphatic rings. The van der Waals surface area contributed by atoms with Crippen LogP contribution in [0.25, 0.3) is 0 Å². The van der Waals surface area contributed by atoms with Crippen LogP contribution in [0.1, 0.15) is 44.7 Å². The van der Waals surface area contributed by atoms with Crippen LogP contribution < -0.4 is 10.6 Å². The molecule has 19 heavy (non-hydrogen) atoms. The molecular weight excluding hydrogens is 236 g/mol. The molecule has 1 aromatic rings. The third kappa shape index (κ3) is 6.27. The van der Waals surface area contributed by atoms with Gasteiger partial charge >= 0.3 is 6.03 Å². The maximum absolute atomic E-state index is 11.8. The fourth-order valence-electron chi connectivity index (χ4n) is 2.12. The van der Waals surface area contributed by atoms with Crippen LogP contribution >= 0.6 is 0 Å². The van der Waals surface area contributed by atoms with Gasteiger partial charge in [0.1, 0.15) is 0 Å². The fraction of sp³-hybridized carbons (Fsp3) is 0.562. The van der Waals surface area contributed by atoms with Gasteiger partial charge in [-0.15, -0.1) is 0 Å². The van der Waals surface area contributed by atoms with E-state index in [0.29, 0.717) is 0 Å². The van der Waals surface area contributed by atoms with Gasteiger partial charge in [0.05, 0.1) is 0 Å². The average molecular weight is 262 g/mol. The SMILES string of the molecule is CCC[C@@H](C)NC(=O)N[C@H](C)Cc1ccc(C)cc1. The molecule has 106 valence electrons. The predicted octanol–water partition coefficient (Wildman–Crippen LogP) is 3.41. The molecule has 3 nitrogen and oxygen atoms in total. The summed E-state index contributed by atoms with van der Waals surface area (Å²) in [5.41, 5.74) is 2.51. The second-order valence-corrected chi connectivity index (χ2v) is 5.40. The highest BCUT2D eigenvalue weighted by Crippen LogP contribution is 2.06. The second kappa shape index (κ2) is 7.82. The van der Waals surface area contributed by atoms with E-state index in [1.54, 1.807) is 0 Å². The standard InChI is InChI=1S/C16H26N2O/c1-5-6-13(3)17-16(19)18-14(4)11-15-9-7-12(2)8-10-15/h7-10,13-14H,5-6,11H2,1-4H3,(H2,17,18,19)/t13-,14-/m1/s1. The molecule has 0 spiro atoms. The predicted molar refractivity (Wildman–Crippen MR) is 80.4 cm³/mol. The number of carbonyl (C=O) groups excluding carboxylic acids is 1. The van der Waals surface area contributed by atoms with Crippen molar-refractivity contribution in [1.82, 2.24) is 10.6 Å². The van der Waals surface area contributed by atoms with E-state index in [0.717, 1.165) is 19.3 Å². The average Bonchev–Trinajstić information content (AvgIpc) is 2.32. The van der Waals surface area contributed by atoms with Gasteiger partial charge in [-0.2, -0.15) is 0 Å². The van der Waals surface area contributed by atoms with Gasteiger partial charge in [-0.25, -0.2) is 4.79 Å². The number of carbonyl (C=O) groups is 1. The molecule has 0 heterocycles. The van der Waals surface area contributed by atoms with Crippen molar-refractivity contribution in [2.75, 3.05) is 0 Å². The third-order valence-electron chi connectivity index (χ3n) is 3.14. The van der Waals surface area contributed by atoms with Gasteiger partial charge in [-0.1, -0.05) is 43.2 Å². The largest absolute Gasteiger partial charge is 0.336 e.